The number of fused-ring (bicyclic) bond motifs is 1. The summed E-state index contributed by atoms with van der Waals surface area (Å²) in [5, 5.41) is 2.88. The zero-order valence-corrected chi connectivity index (χ0v) is 17.0. The number of anilines is 1. The Morgan fingerprint density at radius 1 is 1.00 bits per heavy atom. The summed E-state index contributed by atoms with van der Waals surface area (Å²) in [5.41, 5.74) is 4.23. The topological polar surface area (TPSA) is 75.7 Å². The second kappa shape index (κ2) is 8.49. The van der Waals surface area contributed by atoms with E-state index in [1.165, 1.54) is 27.9 Å². The SMILES string of the molecule is O=C(C=Cc1ccc(S(=O)(=O)N2CCOCC2)cc1)Nc1ccc2c(c1)CCC2. The first-order valence-electron chi connectivity index (χ1n) is 9.81. The summed E-state index contributed by atoms with van der Waals surface area (Å²) in [6.07, 6.45) is 6.48. The van der Waals surface area contributed by atoms with Crippen molar-refractivity contribution < 1.29 is 17.9 Å². The molecule has 1 N–H and O–H groups in total. The molecule has 0 bridgehead atoms. The number of hydrogen-bond donors (Lipinski definition) is 1. The molecule has 0 unspecified atom stereocenters. The minimum Gasteiger partial charge on any atom is -0.379 e. The number of benzene rings is 2. The molecule has 1 heterocycles. The maximum Gasteiger partial charge on any atom is 0.248 e. The van der Waals surface area contributed by atoms with Crippen molar-refractivity contribution in [3.63, 3.8) is 0 Å². The Morgan fingerprint density at radius 3 is 2.48 bits per heavy atom. The van der Waals surface area contributed by atoms with Crippen LogP contribution in [0.3, 0.4) is 0 Å². The molecule has 29 heavy (non-hydrogen) atoms. The largest absolute Gasteiger partial charge is 0.379 e. The maximum atomic E-state index is 12.6. The van der Waals surface area contributed by atoms with Crippen molar-refractivity contribution in [3.05, 3.63) is 65.2 Å². The lowest BCUT2D eigenvalue weighted by Gasteiger charge is -2.26. The molecule has 1 amide bonds. The molecule has 0 aromatic heterocycles. The van der Waals surface area contributed by atoms with Gasteiger partial charge < -0.3 is 10.1 Å². The number of hydrogen-bond acceptors (Lipinski definition) is 4. The summed E-state index contributed by atoms with van der Waals surface area (Å²) in [4.78, 5) is 12.5. The Morgan fingerprint density at radius 2 is 1.72 bits per heavy atom. The van der Waals surface area contributed by atoms with E-state index < -0.39 is 10.0 Å². The molecule has 2 aliphatic rings. The van der Waals surface area contributed by atoms with Gasteiger partial charge in [0.15, 0.2) is 0 Å². The molecule has 1 fully saturated rings. The molecule has 0 radical (unpaired) electrons. The molecular weight excluding hydrogens is 388 g/mol. The quantitative estimate of drug-likeness (QED) is 0.767. The Labute approximate surface area is 171 Å². The van der Waals surface area contributed by atoms with Gasteiger partial charge in [0.25, 0.3) is 0 Å². The number of sulfonamides is 1. The van der Waals surface area contributed by atoms with Crippen molar-refractivity contribution in [1.29, 1.82) is 0 Å². The van der Waals surface area contributed by atoms with Gasteiger partial charge in [-0.2, -0.15) is 4.31 Å². The first kappa shape index (κ1) is 19.8. The van der Waals surface area contributed by atoms with Crippen LogP contribution in [-0.2, 0) is 32.4 Å². The second-order valence-corrected chi connectivity index (χ2v) is 9.18. The molecule has 1 aliphatic carbocycles. The van der Waals surface area contributed by atoms with Gasteiger partial charge in [-0.1, -0.05) is 18.2 Å². The summed E-state index contributed by atoms with van der Waals surface area (Å²) in [7, 11) is -3.51. The molecule has 4 rings (SSSR count). The molecule has 1 saturated heterocycles. The summed E-state index contributed by atoms with van der Waals surface area (Å²) in [5.74, 6) is -0.215. The van der Waals surface area contributed by atoms with Crippen LogP contribution in [0, 0.1) is 0 Å². The number of aryl methyl sites for hydroxylation is 2. The standard InChI is InChI=1S/C22H24N2O4S/c25-22(23-20-8-7-18-2-1-3-19(18)16-20)11-6-17-4-9-21(10-5-17)29(26,27)24-12-14-28-15-13-24/h4-11,16H,1-3,12-15H2,(H,23,25). The number of morpholine rings is 1. The van der Waals surface area contributed by atoms with Gasteiger partial charge in [-0.05, 0) is 66.3 Å². The molecular formula is C22H24N2O4S. The lowest BCUT2D eigenvalue weighted by molar-refractivity contribution is -0.111. The van der Waals surface area contributed by atoms with E-state index in [1.807, 2.05) is 12.1 Å². The lowest BCUT2D eigenvalue weighted by Crippen LogP contribution is -2.40. The third-order valence-electron chi connectivity index (χ3n) is 5.28. The highest BCUT2D eigenvalue weighted by Gasteiger charge is 2.25. The second-order valence-electron chi connectivity index (χ2n) is 7.25. The predicted octanol–water partition coefficient (Wildman–Crippen LogP) is 2.85. The molecule has 152 valence electrons. The average Bonchev–Trinajstić information content (AvgIpc) is 3.21. The monoisotopic (exact) mass is 412 g/mol. The van der Waals surface area contributed by atoms with Crippen LogP contribution in [0.1, 0.15) is 23.1 Å². The molecule has 6 nitrogen and oxygen atoms in total. The Kier molecular flexibility index (Phi) is 5.80. The van der Waals surface area contributed by atoms with Crippen LogP contribution in [0.2, 0.25) is 0 Å². The zero-order chi connectivity index (χ0) is 20.3. The van der Waals surface area contributed by atoms with Crippen LogP contribution in [0.15, 0.2) is 53.4 Å². The number of ether oxygens (including phenoxy) is 1. The molecule has 0 spiro atoms. The van der Waals surface area contributed by atoms with Crippen LogP contribution in [-0.4, -0.2) is 44.9 Å². The Hall–Kier alpha value is -2.48. The highest BCUT2D eigenvalue weighted by Crippen LogP contribution is 2.25. The van der Waals surface area contributed by atoms with E-state index >= 15 is 0 Å². The molecule has 0 atom stereocenters. The van der Waals surface area contributed by atoms with Gasteiger partial charge in [0, 0.05) is 24.9 Å². The Bertz CT molecular complexity index is 1020. The number of rotatable bonds is 5. The number of carbonyl (C=O) groups is 1. The molecule has 7 heteroatoms. The van der Waals surface area contributed by atoms with Gasteiger partial charge in [0.05, 0.1) is 18.1 Å². The minimum absolute atomic E-state index is 0.215. The van der Waals surface area contributed by atoms with Crippen molar-refractivity contribution >= 4 is 27.7 Å². The number of carbonyl (C=O) groups excluding carboxylic acids is 1. The average molecular weight is 413 g/mol. The summed E-state index contributed by atoms with van der Waals surface area (Å²) >= 11 is 0. The minimum atomic E-state index is -3.51. The third kappa shape index (κ3) is 4.58. The lowest BCUT2D eigenvalue weighted by atomic mass is 10.1. The van der Waals surface area contributed by atoms with Crippen molar-refractivity contribution in [3.8, 4) is 0 Å². The van der Waals surface area contributed by atoms with Crippen molar-refractivity contribution in [2.75, 3.05) is 31.6 Å². The smallest absolute Gasteiger partial charge is 0.248 e. The summed E-state index contributed by atoms with van der Waals surface area (Å²) in [6, 6.07) is 12.6. The van der Waals surface area contributed by atoms with Crippen LogP contribution in [0.5, 0.6) is 0 Å². The normalized spacial score (nSPS) is 17.4. The first-order chi connectivity index (χ1) is 14.0. The number of amides is 1. The number of nitrogens with one attached hydrogen (secondary N) is 1. The van der Waals surface area contributed by atoms with E-state index in [4.69, 9.17) is 4.74 Å². The van der Waals surface area contributed by atoms with Crippen LogP contribution in [0.4, 0.5) is 5.69 Å². The van der Waals surface area contributed by atoms with Crippen molar-refractivity contribution in [2.45, 2.75) is 24.2 Å². The van der Waals surface area contributed by atoms with Gasteiger partial charge in [-0.15, -0.1) is 0 Å². The van der Waals surface area contributed by atoms with Crippen LogP contribution in [0.25, 0.3) is 6.08 Å². The van der Waals surface area contributed by atoms with Gasteiger partial charge >= 0.3 is 0 Å². The van der Waals surface area contributed by atoms with Crippen molar-refractivity contribution in [2.24, 2.45) is 0 Å². The highest BCUT2D eigenvalue weighted by molar-refractivity contribution is 7.89. The van der Waals surface area contributed by atoms with E-state index in [-0.39, 0.29) is 10.8 Å². The van der Waals surface area contributed by atoms with Crippen LogP contribution < -0.4 is 5.32 Å². The Balaban J connectivity index is 1.39. The molecule has 0 saturated carbocycles. The fraction of sp³-hybridized carbons (Fsp3) is 0.318. The van der Waals surface area contributed by atoms with E-state index in [1.54, 1.807) is 30.3 Å². The van der Waals surface area contributed by atoms with E-state index in [0.29, 0.717) is 26.3 Å². The van der Waals surface area contributed by atoms with Crippen LogP contribution >= 0.6 is 0 Å². The highest BCUT2D eigenvalue weighted by atomic mass is 32.2. The third-order valence-corrected chi connectivity index (χ3v) is 7.19. The maximum absolute atomic E-state index is 12.6. The fourth-order valence-electron chi connectivity index (χ4n) is 3.69. The van der Waals surface area contributed by atoms with E-state index in [9.17, 15) is 13.2 Å². The molecule has 2 aromatic carbocycles. The van der Waals surface area contributed by atoms with Gasteiger partial charge in [-0.25, -0.2) is 8.42 Å². The summed E-state index contributed by atoms with van der Waals surface area (Å²) in [6.45, 7) is 1.57. The van der Waals surface area contributed by atoms with E-state index in [2.05, 4.69) is 11.4 Å². The number of nitrogens with zero attached hydrogens (tertiary/aromatic N) is 1. The summed E-state index contributed by atoms with van der Waals surface area (Å²) < 4.78 is 31.9. The molecule has 2 aromatic rings. The van der Waals surface area contributed by atoms with Gasteiger partial charge in [0.1, 0.15) is 0 Å². The zero-order valence-electron chi connectivity index (χ0n) is 16.1. The predicted molar refractivity (Wildman–Crippen MR) is 112 cm³/mol. The van der Waals surface area contributed by atoms with Gasteiger partial charge in [-0.3, -0.25) is 4.79 Å². The van der Waals surface area contributed by atoms with Crippen molar-refractivity contribution in [1.82, 2.24) is 4.31 Å². The fourth-order valence-corrected chi connectivity index (χ4v) is 5.10. The first-order valence-corrected chi connectivity index (χ1v) is 11.3. The van der Waals surface area contributed by atoms with E-state index in [0.717, 1.165) is 24.1 Å². The van der Waals surface area contributed by atoms with Gasteiger partial charge in [0.2, 0.25) is 15.9 Å². The molecule has 1 aliphatic heterocycles.